The summed E-state index contributed by atoms with van der Waals surface area (Å²) in [6.45, 7) is 5.13. The van der Waals surface area contributed by atoms with E-state index in [9.17, 15) is 9.59 Å². The third-order valence-corrected chi connectivity index (χ3v) is 3.37. The third kappa shape index (κ3) is 2.65. The summed E-state index contributed by atoms with van der Waals surface area (Å²) >= 11 is 0. The van der Waals surface area contributed by atoms with E-state index in [1.165, 1.54) is 11.8 Å². The quantitative estimate of drug-likeness (QED) is 0.790. The van der Waals surface area contributed by atoms with Crippen molar-refractivity contribution in [3.05, 3.63) is 0 Å². The van der Waals surface area contributed by atoms with Gasteiger partial charge in [-0.05, 0) is 19.3 Å². The minimum Gasteiger partial charge on any atom is -0.480 e. The second kappa shape index (κ2) is 5.18. The van der Waals surface area contributed by atoms with Gasteiger partial charge in [-0.25, -0.2) is 9.59 Å². The Bertz CT molecular complexity index is 280. The second-order valence-corrected chi connectivity index (χ2v) is 4.42. The van der Waals surface area contributed by atoms with Gasteiger partial charge < -0.3 is 14.9 Å². The molecule has 92 valence electrons. The molecular formula is C11H20N2O3. The van der Waals surface area contributed by atoms with Crippen LogP contribution in [0.5, 0.6) is 0 Å². The molecule has 5 heteroatoms. The van der Waals surface area contributed by atoms with Gasteiger partial charge in [0.2, 0.25) is 0 Å². The molecule has 0 bridgehead atoms. The van der Waals surface area contributed by atoms with Crippen LogP contribution in [0.3, 0.4) is 0 Å². The van der Waals surface area contributed by atoms with E-state index < -0.39 is 12.0 Å². The Balaban J connectivity index is 2.55. The van der Waals surface area contributed by atoms with Crippen molar-refractivity contribution in [1.29, 1.82) is 0 Å². The van der Waals surface area contributed by atoms with Crippen LogP contribution in [0, 0.1) is 5.92 Å². The minimum absolute atomic E-state index is 0.175. The lowest BCUT2D eigenvalue weighted by atomic mass is 10.1. The Morgan fingerprint density at radius 2 is 2.19 bits per heavy atom. The first kappa shape index (κ1) is 12.8. The molecule has 0 aliphatic carbocycles. The number of carbonyl (C=O) groups excluding carboxylic acids is 1. The number of carbonyl (C=O) groups is 2. The van der Waals surface area contributed by atoms with Crippen molar-refractivity contribution in [3.8, 4) is 0 Å². The smallest absolute Gasteiger partial charge is 0.326 e. The molecule has 0 aromatic heterocycles. The SMILES string of the molecule is CCC1CCN(C(=O)N(C)C(C)C(=O)O)C1. The van der Waals surface area contributed by atoms with E-state index in [-0.39, 0.29) is 6.03 Å². The first-order valence-corrected chi connectivity index (χ1v) is 5.71. The van der Waals surface area contributed by atoms with Crippen LogP contribution in [0.1, 0.15) is 26.7 Å². The van der Waals surface area contributed by atoms with Gasteiger partial charge in [-0.2, -0.15) is 0 Å². The number of nitrogens with zero attached hydrogens (tertiary/aromatic N) is 2. The number of carboxylic acids is 1. The van der Waals surface area contributed by atoms with Crippen LogP contribution in [0.25, 0.3) is 0 Å². The number of hydrogen-bond donors (Lipinski definition) is 1. The number of likely N-dealkylation sites (tertiary alicyclic amines) is 1. The Morgan fingerprint density at radius 1 is 1.56 bits per heavy atom. The second-order valence-electron chi connectivity index (χ2n) is 4.42. The van der Waals surface area contributed by atoms with E-state index in [1.54, 1.807) is 11.9 Å². The summed E-state index contributed by atoms with van der Waals surface area (Å²) in [5.41, 5.74) is 0. The first-order chi connectivity index (χ1) is 7.47. The number of hydrogen-bond acceptors (Lipinski definition) is 2. The Morgan fingerprint density at radius 3 is 2.62 bits per heavy atom. The summed E-state index contributed by atoms with van der Waals surface area (Å²) in [6, 6.07) is -0.945. The van der Waals surface area contributed by atoms with Crippen molar-refractivity contribution < 1.29 is 14.7 Å². The lowest BCUT2D eigenvalue weighted by Gasteiger charge is -2.27. The van der Waals surface area contributed by atoms with E-state index in [4.69, 9.17) is 5.11 Å². The first-order valence-electron chi connectivity index (χ1n) is 5.71. The minimum atomic E-state index is -0.970. The molecule has 0 saturated carbocycles. The summed E-state index contributed by atoms with van der Waals surface area (Å²) in [6.07, 6.45) is 2.10. The molecule has 5 nitrogen and oxygen atoms in total. The molecule has 0 aromatic rings. The lowest BCUT2D eigenvalue weighted by molar-refractivity contribution is -0.141. The Hall–Kier alpha value is -1.26. The molecule has 1 N–H and O–H groups in total. The predicted molar refractivity (Wildman–Crippen MR) is 60.2 cm³/mol. The van der Waals surface area contributed by atoms with Crippen molar-refractivity contribution in [1.82, 2.24) is 9.80 Å². The zero-order valence-electron chi connectivity index (χ0n) is 10.1. The third-order valence-electron chi connectivity index (χ3n) is 3.37. The maximum Gasteiger partial charge on any atom is 0.326 e. The molecule has 0 spiro atoms. The highest BCUT2D eigenvalue weighted by molar-refractivity contribution is 5.82. The molecular weight excluding hydrogens is 208 g/mol. The monoisotopic (exact) mass is 228 g/mol. The molecule has 1 heterocycles. The van der Waals surface area contributed by atoms with Crippen LogP contribution >= 0.6 is 0 Å². The number of amides is 2. The predicted octanol–water partition coefficient (Wildman–Crippen LogP) is 1.24. The van der Waals surface area contributed by atoms with E-state index >= 15 is 0 Å². The van der Waals surface area contributed by atoms with Gasteiger partial charge >= 0.3 is 12.0 Å². The number of likely N-dealkylation sites (N-methyl/N-ethyl adjacent to an activating group) is 1. The molecule has 2 unspecified atom stereocenters. The van der Waals surface area contributed by atoms with Crippen molar-refractivity contribution in [3.63, 3.8) is 0 Å². The van der Waals surface area contributed by atoms with Gasteiger partial charge in [0.05, 0.1) is 0 Å². The molecule has 0 radical (unpaired) electrons. The fourth-order valence-corrected chi connectivity index (χ4v) is 1.89. The van der Waals surface area contributed by atoms with Crippen LogP contribution in [-0.4, -0.2) is 53.1 Å². The lowest BCUT2D eigenvalue weighted by Crippen LogP contribution is -2.47. The van der Waals surface area contributed by atoms with Crippen molar-refractivity contribution in [2.75, 3.05) is 20.1 Å². The number of carboxylic acid groups (broad SMARTS) is 1. The molecule has 0 aromatic carbocycles. The van der Waals surface area contributed by atoms with Crippen LogP contribution < -0.4 is 0 Å². The highest BCUT2D eigenvalue weighted by Gasteiger charge is 2.30. The van der Waals surface area contributed by atoms with Crippen molar-refractivity contribution in [2.45, 2.75) is 32.7 Å². The van der Waals surface area contributed by atoms with Gasteiger partial charge in [0.25, 0.3) is 0 Å². The fourth-order valence-electron chi connectivity index (χ4n) is 1.89. The van der Waals surface area contributed by atoms with Crippen LogP contribution in [0.15, 0.2) is 0 Å². The standard InChI is InChI=1S/C11H20N2O3/c1-4-9-5-6-13(7-9)11(16)12(3)8(2)10(14)15/h8-9H,4-7H2,1-3H3,(H,14,15). The van der Waals surface area contributed by atoms with E-state index in [1.807, 2.05) is 0 Å². The Kier molecular flexibility index (Phi) is 4.15. The highest BCUT2D eigenvalue weighted by Crippen LogP contribution is 2.20. The molecule has 1 aliphatic rings. The molecule has 1 fully saturated rings. The zero-order chi connectivity index (χ0) is 12.3. The largest absolute Gasteiger partial charge is 0.480 e. The summed E-state index contributed by atoms with van der Waals surface area (Å²) in [7, 11) is 1.54. The van der Waals surface area contributed by atoms with Crippen molar-refractivity contribution >= 4 is 12.0 Å². The topological polar surface area (TPSA) is 60.9 Å². The van der Waals surface area contributed by atoms with Gasteiger partial charge in [0, 0.05) is 20.1 Å². The van der Waals surface area contributed by atoms with Crippen LogP contribution in [-0.2, 0) is 4.79 Å². The van der Waals surface area contributed by atoms with Gasteiger partial charge in [-0.1, -0.05) is 13.3 Å². The molecule has 2 amide bonds. The zero-order valence-corrected chi connectivity index (χ0v) is 10.1. The van der Waals surface area contributed by atoms with Gasteiger partial charge in [-0.15, -0.1) is 0 Å². The number of urea groups is 1. The molecule has 1 rings (SSSR count). The normalized spacial score (nSPS) is 21.9. The summed E-state index contributed by atoms with van der Waals surface area (Å²) < 4.78 is 0. The van der Waals surface area contributed by atoms with Gasteiger partial charge in [-0.3, -0.25) is 0 Å². The average Bonchev–Trinajstić information content (AvgIpc) is 2.74. The molecule has 1 saturated heterocycles. The van der Waals surface area contributed by atoms with E-state index in [0.29, 0.717) is 5.92 Å². The molecule has 16 heavy (non-hydrogen) atoms. The summed E-state index contributed by atoms with van der Waals surface area (Å²) in [4.78, 5) is 25.7. The van der Waals surface area contributed by atoms with E-state index in [2.05, 4.69) is 6.92 Å². The summed E-state index contributed by atoms with van der Waals surface area (Å²) in [5, 5.41) is 8.83. The highest BCUT2D eigenvalue weighted by atomic mass is 16.4. The Labute approximate surface area is 96.0 Å². The summed E-state index contributed by atoms with van der Waals surface area (Å²) in [5.74, 6) is -0.403. The average molecular weight is 228 g/mol. The maximum atomic E-state index is 11.9. The fraction of sp³-hybridized carbons (Fsp3) is 0.818. The maximum absolute atomic E-state index is 11.9. The molecule has 2 atom stereocenters. The van der Waals surface area contributed by atoms with Crippen LogP contribution in [0.4, 0.5) is 4.79 Å². The number of rotatable bonds is 3. The van der Waals surface area contributed by atoms with Gasteiger partial charge in [0.15, 0.2) is 0 Å². The molecule has 1 aliphatic heterocycles. The van der Waals surface area contributed by atoms with Crippen LogP contribution in [0.2, 0.25) is 0 Å². The van der Waals surface area contributed by atoms with Gasteiger partial charge in [0.1, 0.15) is 6.04 Å². The number of aliphatic carboxylic acids is 1. The van der Waals surface area contributed by atoms with E-state index in [0.717, 1.165) is 25.9 Å². The van der Waals surface area contributed by atoms with Crippen molar-refractivity contribution in [2.24, 2.45) is 5.92 Å².